The molecule has 1 atom stereocenters. The first kappa shape index (κ1) is 20.6. The Kier molecular flexibility index (Phi) is 7.09. The van der Waals surface area contributed by atoms with Gasteiger partial charge in [-0.1, -0.05) is 13.8 Å². The maximum atomic E-state index is 12.9. The van der Waals surface area contributed by atoms with E-state index >= 15 is 0 Å². The summed E-state index contributed by atoms with van der Waals surface area (Å²) in [7, 11) is 0. The number of Topliss-reactive ketones (excluding diaryl/α,β-unsaturated/α-hetero) is 1. The SMILES string of the molecule is CC(C)C(NC(=O)OC(C)(C)C)C(=O)NCC(=O)c1ccc(F)cc1. The zero-order valence-corrected chi connectivity index (χ0v) is 15.2. The molecule has 2 amide bonds. The molecule has 7 heteroatoms. The second-order valence-electron chi connectivity index (χ2n) is 7.02. The Morgan fingerprint density at radius 1 is 1.12 bits per heavy atom. The van der Waals surface area contributed by atoms with Crippen LogP contribution < -0.4 is 10.6 Å². The van der Waals surface area contributed by atoms with E-state index in [0.717, 1.165) is 0 Å². The summed E-state index contributed by atoms with van der Waals surface area (Å²) in [6.07, 6.45) is -0.703. The summed E-state index contributed by atoms with van der Waals surface area (Å²) in [6, 6.07) is 4.22. The van der Waals surface area contributed by atoms with E-state index < -0.39 is 29.5 Å². The van der Waals surface area contributed by atoms with E-state index in [1.165, 1.54) is 24.3 Å². The summed E-state index contributed by atoms with van der Waals surface area (Å²) in [4.78, 5) is 36.1. The molecule has 0 saturated carbocycles. The number of halogens is 1. The minimum absolute atomic E-state index is 0.201. The molecule has 0 fully saturated rings. The second kappa shape index (κ2) is 8.60. The molecule has 1 aromatic rings. The quantitative estimate of drug-likeness (QED) is 0.771. The summed E-state index contributed by atoms with van der Waals surface area (Å²) in [5.74, 6) is -1.49. The molecule has 0 heterocycles. The molecular weight excluding hydrogens is 327 g/mol. The van der Waals surface area contributed by atoms with Crippen LogP contribution in [0.15, 0.2) is 24.3 Å². The van der Waals surface area contributed by atoms with Crippen LogP contribution >= 0.6 is 0 Å². The first-order valence-corrected chi connectivity index (χ1v) is 8.05. The van der Waals surface area contributed by atoms with E-state index in [1.54, 1.807) is 34.6 Å². The molecule has 1 unspecified atom stereocenters. The molecular formula is C18H25FN2O4. The summed E-state index contributed by atoms with van der Waals surface area (Å²) in [5, 5.41) is 5.00. The molecule has 2 N–H and O–H groups in total. The molecule has 0 aliphatic heterocycles. The molecule has 6 nitrogen and oxygen atoms in total. The van der Waals surface area contributed by atoms with Crippen molar-refractivity contribution in [1.29, 1.82) is 0 Å². The Morgan fingerprint density at radius 2 is 1.68 bits per heavy atom. The molecule has 1 rings (SSSR count). The van der Waals surface area contributed by atoms with E-state index in [2.05, 4.69) is 10.6 Å². The lowest BCUT2D eigenvalue weighted by Crippen LogP contribution is -2.51. The van der Waals surface area contributed by atoms with Crippen LogP contribution in [0.2, 0.25) is 0 Å². The van der Waals surface area contributed by atoms with Gasteiger partial charge in [0.2, 0.25) is 5.91 Å². The van der Waals surface area contributed by atoms with Gasteiger partial charge in [0.25, 0.3) is 0 Å². The van der Waals surface area contributed by atoms with Gasteiger partial charge in [-0.05, 0) is 51.0 Å². The van der Waals surface area contributed by atoms with Gasteiger partial charge in [-0.3, -0.25) is 9.59 Å². The Hall–Kier alpha value is -2.44. The van der Waals surface area contributed by atoms with Crippen molar-refractivity contribution in [2.45, 2.75) is 46.3 Å². The third kappa shape index (κ3) is 7.32. The van der Waals surface area contributed by atoms with Crippen molar-refractivity contribution < 1.29 is 23.5 Å². The topological polar surface area (TPSA) is 84.5 Å². The Balaban J connectivity index is 2.63. The molecule has 0 aliphatic rings. The summed E-state index contributed by atoms with van der Waals surface area (Å²) in [5.41, 5.74) is -0.386. The highest BCUT2D eigenvalue weighted by Gasteiger charge is 2.27. The van der Waals surface area contributed by atoms with Crippen molar-refractivity contribution in [2.24, 2.45) is 5.92 Å². The van der Waals surface area contributed by atoms with Crippen molar-refractivity contribution in [3.05, 3.63) is 35.6 Å². The molecule has 0 aliphatic carbocycles. The number of hydrogen-bond acceptors (Lipinski definition) is 4. The van der Waals surface area contributed by atoms with Crippen molar-refractivity contribution in [1.82, 2.24) is 10.6 Å². The Bertz CT molecular complexity index is 621. The standard InChI is InChI=1S/C18H25FN2O4/c1-11(2)15(21-17(24)25-18(3,4)5)16(23)20-10-14(22)12-6-8-13(19)9-7-12/h6-9,11,15H,10H2,1-5H3,(H,20,23)(H,21,24). The number of alkyl carbamates (subject to hydrolysis) is 1. The monoisotopic (exact) mass is 352 g/mol. The van der Waals surface area contributed by atoms with Crippen LogP contribution in [-0.4, -0.2) is 36.0 Å². The summed E-state index contributed by atoms with van der Waals surface area (Å²) in [6.45, 7) is 8.45. The van der Waals surface area contributed by atoms with E-state index in [-0.39, 0.29) is 18.2 Å². The van der Waals surface area contributed by atoms with Crippen molar-refractivity contribution >= 4 is 17.8 Å². The van der Waals surface area contributed by atoms with Crippen LogP contribution in [0.4, 0.5) is 9.18 Å². The summed E-state index contributed by atoms with van der Waals surface area (Å²) >= 11 is 0. The van der Waals surface area contributed by atoms with E-state index in [9.17, 15) is 18.8 Å². The number of carbonyl (C=O) groups is 3. The highest BCUT2D eigenvalue weighted by atomic mass is 19.1. The van der Waals surface area contributed by atoms with Crippen molar-refractivity contribution in [2.75, 3.05) is 6.54 Å². The van der Waals surface area contributed by atoms with Gasteiger partial charge in [0.15, 0.2) is 5.78 Å². The van der Waals surface area contributed by atoms with Gasteiger partial charge >= 0.3 is 6.09 Å². The van der Waals surface area contributed by atoms with Gasteiger partial charge in [-0.25, -0.2) is 9.18 Å². The summed E-state index contributed by atoms with van der Waals surface area (Å²) < 4.78 is 18.0. The maximum absolute atomic E-state index is 12.9. The molecule has 0 saturated heterocycles. The lowest BCUT2D eigenvalue weighted by Gasteiger charge is -2.25. The Morgan fingerprint density at radius 3 is 2.16 bits per heavy atom. The fourth-order valence-electron chi connectivity index (χ4n) is 1.98. The number of hydrogen-bond donors (Lipinski definition) is 2. The van der Waals surface area contributed by atoms with Crippen LogP contribution in [0.25, 0.3) is 0 Å². The Labute approximate surface area is 147 Å². The third-order valence-corrected chi connectivity index (χ3v) is 3.21. The molecule has 0 bridgehead atoms. The zero-order chi connectivity index (χ0) is 19.2. The van der Waals surface area contributed by atoms with Gasteiger partial charge in [0.05, 0.1) is 6.54 Å². The minimum Gasteiger partial charge on any atom is -0.444 e. The van der Waals surface area contributed by atoms with Gasteiger partial charge in [-0.15, -0.1) is 0 Å². The van der Waals surface area contributed by atoms with Crippen LogP contribution in [0.5, 0.6) is 0 Å². The largest absolute Gasteiger partial charge is 0.444 e. The normalized spacial score (nSPS) is 12.4. The predicted molar refractivity (Wildman–Crippen MR) is 91.7 cm³/mol. The highest BCUT2D eigenvalue weighted by molar-refractivity contribution is 6.00. The maximum Gasteiger partial charge on any atom is 0.408 e. The van der Waals surface area contributed by atoms with Crippen molar-refractivity contribution in [3.8, 4) is 0 Å². The first-order chi connectivity index (χ1) is 11.5. The average Bonchev–Trinajstić information content (AvgIpc) is 2.48. The number of rotatable bonds is 6. The lowest BCUT2D eigenvalue weighted by atomic mass is 10.0. The fraction of sp³-hybridized carbons (Fsp3) is 0.500. The fourth-order valence-corrected chi connectivity index (χ4v) is 1.98. The van der Waals surface area contributed by atoms with Gasteiger partial charge in [0.1, 0.15) is 17.5 Å². The number of benzene rings is 1. The molecule has 25 heavy (non-hydrogen) atoms. The molecule has 1 aromatic carbocycles. The zero-order valence-electron chi connectivity index (χ0n) is 15.2. The average molecular weight is 352 g/mol. The highest BCUT2D eigenvalue weighted by Crippen LogP contribution is 2.09. The minimum atomic E-state index is -0.837. The van der Waals surface area contributed by atoms with E-state index in [1.807, 2.05) is 0 Å². The molecule has 0 aromatic heterocycles. The number of nitrogens with one attached hydrogen (secondary N) is 2. The molecule has 0 spiro atoms. The lowest BCUT2D eigenvalue weighted by molar-refractivity contribution is -0.124. The third-order valence-electron chi connectivity index (χ3n) is 3.21. The predicted octanol–water partition coefficient (Wildman–Crippen LogP) is 2.67. The number of carbonyl (C=O) groups excluding carboxylic acids is 3. The van der Waals surface area contributed by atoms with Crippen LogP contribution in [0.1, 0.15) is 45.0 Å². The van der Waals surface area contributed by atoms with Gasteiger partial charge in [0, 0.05) is 5.56 Å². The van der Waals surface area contributed by atoms with Gasteiger partial charge in [-0.2, -0.15) is 0 Å². The van der Waals surface area contributed by atoms with Gasteiger partial charge < -0.3 is 15.4 Å². The second-order valence-corrected chi connectivity index (χ2v) is 7.02. The van der Waals surface area contributed by atoms with E-state index in [4.69, 9.17) is 4.74 Å². The van der Waals surface area contributed by atoms with Crippen LogP contribution in [0, 0.1) is 11.7 Å². The number of ether oxygens (including phenoxy) is 1. The molecule has 138 valence electrons. The number of ketones is 1. The van der Waals surface area contributed by atoms with Crippen LogP contribution in [-0.2, 0) is 9.53 Å². The first-order valence-electron chi connectivity index (χ1n) is 8.05. The van der Waals surface area contributed by atoms with Crippen LogP contribution in [0.3, 0.4) is 0 Å². The van der Waals surface area contributed by atoms with E-state index in [0.29, 0.717) is 5.56 Å². The molecule has 0 radical (unpaired) electrons. The van der Waals surface area contributed by atoms with Crippen molar-refractivity contribution in [3.63, 3.8) is 0 Å². The smallest absolute Gasteiger partial charge is 0.408 e. The number of amides is 2.